The Labute approximate surface area is 186 Å². The van der Waals surface area contributed by atoms with E-state index in [1.165, 1.54) is 12.7 Å². The van der Waals surface area contributed by atoms with E-state index in [-0.39, 0.29) is 11.3 Å². The highest BCUT2D eigenvalue weighted by Crippen LogP contribution is 2.40. The van der Waals surface area contributed by atoms with Crippen LogP contribution in [0.5, 0.6) is 5.75 Å². The Morgan fingerprint density at radius 2 is 1.97 bits per heavy atom. The number of ether oxygens (including phenoxy) is 1. The van der Waals surface area contributed by atoms with Crippen molar-refractivity contribution in [1.29, 1.82) is 5.41 Å². The van der Waals surface area contributed by atoms with Crippen molar-refractivity contribution < 1.29 is 4.74 Å². The van der Waals surface area contributed by atoms with Gasteiger partial charge in [-0.1, -0.05) is 0 Å². The summed E-state index contributed by atoms with van der Waals surface area (Å²) < 4.78 is 6.03. The summed E-state index contributed by atoms with van der Waals surface area (Å²) in [6.45, 7) is 4.98. The molecule has 0 atom stereocenters. The number of anilines is 2. The van der Waals surface area contributed by atoms with Crippen molar-refractivity contribution in [2.45, 2.75) is 25.4 Å². The van der Waals surface area contributed by atoms with Crippen molar-refractivity contribution in [2.24, 2.45) is 10.7 Å². The van der Waals surface area contributed by atoms with Gasteiger partial charge < -0.3 is 26.0 Å². The average molecular weight is 439 g/mol. The lowest BCUT2D eigenvalue weighted by atomic mass is 10.0. The van der Waals surface area contributed by atoms with Crippen molar-refractivity contribution in [3.63, 3.8) is 0 Å². The van der Waals surface area contributed by atoms with Crippen molar-refractivity contribution >= 4 is 40.9 Å². The fourth-order valence-corrected chi connectivity index (χ4v) is 3.69. The van der Waals surface area contributed by atoms with Gasteiger partial charge in [0.15, 0.2) is 5.11 Å². The van der Waals surface area contributed by atoms with Gasteiger partial charge >= 0.3 is 0 Å². The molecule has 162 valence electrons. The molecule has 0 unspecified atom stereocenters. The van der Waals surface area contributed by atoms with Crippen LogP contribution in [-0.4, -0.2) is 63.8 Å². The van der Waals surface area contributed by atoms with Crippen LogP contribution in [0.3, 0.4) is 0 Å². The number of hydrogen-bond acceptors (Lipinski definition) is 7. The molecule has 2 aromatic rings. The van der Waals surface area contributed by atoms with Crippen LogP contribution in [0.4, 0.5) is 11.5 Å². The van der Waals surface area contributed by atoms with E-state index in [9.17, 15) is 0 Å². The van der Waals surface area contributed by atoms with E-state index >= 15 is 0 Å². The predicted molar refractivity (Wildman–Crippen MR) is 126 cm³/mol. The molecule has 31 heavy (non-hydrogen) atoms. The highest BCUT2D eigenvalue weighted by atomic mass is 32.1. The Morgan fingerprint density at radius 3 is 2.65 bits per heavy atom. The molecule has 2 fully saturated rings. The maximum absolute atomic E-state index is 8.70. The van der Waals surface area contributed by atoms with Gasteiger partial charge in [0.05, 0.1) is 17.7 Å². The first-order chi connectivity index (χ1) is 14.9. The van der Waals surface area contributed by atoms with Crippen molar-refractivity contribution in [1.82, 2.24) is 14.9 Å². The van der Waals surface area contributed by atoms with Crippen LogP contribution in [0.15, 0.2) is 35.6 Å². The smallest absolute Gasteiger partial charge is 0.196 e. The van der Waals surface area contributed by atoms with Gasteiger partial charge in [-0.15, -0.1) is 0 Å². The molecule has 1 aromatic heterocycles. The minimum absolute atomic E-state index is 0.0996. The van der Waals surface area contributed by atoms with Gasteiger partial charge in [-0.2, -0.15) is 0 Å². The normalized spacial score (nSPS) is 17.6. The summed E-state index contributed by atoms with van der Waals surface area (Å²) in [5.74, 6) is 1.48. The Balaban J connectivity index is 1.49. The van der Waals surface area contributed by atoms with E-state index in [4.69, 9.17) is 33.8 Å². The highest BCUT2D eigenvalue weighted by Gasteiger charge is 2.40. The van der Waals surface area contributed by atoms with E-state index in [1.54, 1.807) is 6.07 Å². The van der Waals surface area contributed by atoms with E-state index in [1.807, 2.05) is 23.1 Å². The first-order valence-corrected chi connectivity index (χ1v) is 10.6. The standard InChI is InChI=1S/C21H26N8OS/c1-21(4-5-21)30-14-2-3-16(23)15(10-14)19(24)17-11-18(27-13-26-17)28-6-8-29(9-7-28)20(31)25-12-22/h2-3,10-13,24H,4-9,23H2,1H3,(H2,22,25,31). The highest BCUT2D eigenvalue weighted by molar-refractivity contribution is 7.80. The van der Waals surface area contributed by atoms with Gasteiger partial charge in [0.1, 0.15) is 23.5 Å². The van der Waals surface area contributed by atoms with Crippen LogP contribution in [0, 0.1) is 5.41 Å². The summed E-state index contributed by atoms with van der Waals surface area (Å²) >= 11 is 5.25. The largest absolute Gasteiger partial charge is 0.488 e. The van der Waals surface area contributed by atoms with Gasteiger partial charge in [0.2, 0.25) is 0 Å². The maximum atomic E-state index is 8.70. The van der Waals surface area contributed by atoms with Gasteiger partial charge in [-0.3, -0.25) is 5.41 Å². The molecule has 0 spiro atoms. The number of nitrogen functional groups attached to an aromatic ring is 1. The van der Waals surface area contributed by atoms with Crippen LogP contribution in [0.25, 0.3) is 0 Å². The molecule has 0 radical (unpaired) electrons. The number of aliphatic imine (C=N–C) groups is 1. The summed E-state index contributed by atoms with van der Waals surface area (Å²) in [6, 6.07) is 7.27. The molecule has 9 nitrogen and oxygen atoms in total. The molecule has 1 saturated heterocycles. The summed E-state index contributed by atoms with van der Waals surface area (Å²) in [7, 11) is 0. The minimum Gasteiger partial charge on any atom is -0.488 e. The third kappa shape index (κ3) is 4.74. The average Bonchev–Trinajstić information content (AvgIpc) is 3.51. The lowest BCUT2D eigenvalue weighted by molar-refractivity contribution is 0.200. The molecular weight excluding hydrogens is 412 g/mol. The Kier molecular flexibility index (Phi) is 5.73. The van der Waals surface area contributed by atoms with Gasteiger partial charge in [-0.25, -0.2) is 15.0 Å². The van der Waals surface area contributed by atoms with E-state index in [2.05, 4.69) is 26.8 Å². The zero-order valence-corrected chi connectivity index (χ0v) is 18.2. The number of nitrogens with one attached hydrogen (secondary N) is 1. The lowest BCUT2D eigenvalue weighted by Crippen LogP contribution is -2.48. The van der Waals surface area contributed by atoms with Crippen LogP contribution < -0.4 is 21.1 Å². The molecule has 1 aliphatic heterocycles. The summed E-state index contributed by atoms with van der Waals surface area (Å²) in [4.78, 5) is 16.8. The number of nitrogens with two attached hydrogens (primary N) is 2. The molecule has 2 heterocycles. The molecule has 0 bridgehead atoms. The third-order valence-electron chi connectivity index (χ3n) is 5.58. The molecule has 1 saturated carbocycles. The molecule has 2 aliphatic rings. The van der Waals surface area contributed by atoms with E-state index in [0.29, 0.717) is 22.1 Å². The summed E-state index contributed by atoms with van der Waals surface area (Å²) in [5, 5.41) is 9.19. The van der Waals surface area contributed by atoms with E-state index < -0.39 is 0 Å². The minimum atomic E-state index is -0.0996. The maximum Gasteiger partial charge on any atom is 0.196 e. The molecule has 4 rings (SSSR count). The topological polar surface area (TPSA) is 130 Å². The Morgan fingerprint density at radius 1 is 1.23 bits per heavy atom. The van der Waals surface area contributed by atoms with Crippen LogP contribution in [-0.2, 0) is 0 Å². The fourth-order valence-electron chi connectivity index (χ4n) is 3.44. The first-order valence-electron chi connectivity index (χ1n) is 10.2. The number of rotatable bonds is 5. The monoisotopic (exact) mass is 438 g/mol. The number of nitrogens with zero attached hydrogens (tertiary/aromatic N) is 5. The predicted octanol–water partition coefficient (Wildman–Crippen LogP) is 1.80. The van der Waals surface area contributed by atoms with Crippen molar-refractivity contribution in [3.8, 4) is 5.75 Å². The number of benzene rings is 1. The first kappa shape index (κ1) is 21.0. The Bertz CT molecular complexity index is 1030. The number of piperazine rings is 1. The zero-order chi connectivity index (χ0) is 22.0. The summed E-state index contributed by atoms with van der Waals surface area (Å²) in [6.07, 6.45) is 4.77. The van der Waals surface area contributed by atoms with E-state index in [0.717, 1.165) is 50.6 Å². The van der Waals surface area contributed by atoms with Crippen molar-refractivity contribution in [2.75, 3.05) is 36.8 Å². The third-order valence-corrected chi connectivity index (χ3v) is 5.94. The van der Waals surface area contributed by atoms with Crippen LogP contribution in [0.1, 0.15) is 31.0 Å². The Hall–Kier alpha value is -3.27. The molecular formula is C21H26N8OS. The molecule has 10 heteroatoms. The second-order valence-corrected chi connectivity index (χ2v) is 8.34. The van der Waals surface area contributed by atoms with Gasteiger partial charge in [0.25, 0.3) is 0 Å². The van der Waals surface area contributed by atoms with Crippen molar-refractivity contribution in [3.05, 3.63) is 41.9 Å². The SMILES string of the molecule is CC1(Oc2ccc(N)c(C(=N)c3cc(N4CCN(C(=S)N=CN)CC4)ncn3)c2)CC1. The van der Waals surface area contributed by atoms with Crippen LogP contribution in [0.2, 0.25) is 0 Å². The molecule has 1 aromatic carbocycles. The molecule has 5 N–H and O–H groups in total. The van der Waals surface area contributed by atoms with Crippen LogP contribution >= 0.6 is 12.2 Å². The summed E-state index contributed by atoms with van der Waals surface area (Å²) in [5.41, 5.74) is 13.3. The second kappa shape index (κ2) is 8.46. The number of aromatic nitrogens is 2. The number of hydrogen-bond donors (Lipinski definition) is 3. The fraction of sp³-hybridized carbons (Fsp3) is 0.381. The lowest BCUT2D eigenvalue weighted by Gasteiger charge is -2.35. The number of thiocarbonyl (C=S) groups is 1. The van der Waals surface area contributed by atoms with Gasteiger partial charge in [-0.05, 0) is 50.2 Å². The quantitative estimate of drug-likeness (QED) is 0.279. The zero-order valence-electron chi connectivity index (χ0n) is 17.4. The second-order valence-electron chi connectivity index (χ2n) is 7.97. The molecule has 1 aliphatic carbocycles. The molecule has 0 amide bonds. The van der Waals surface area contributed by atoms with Gasteiger partial charge in [0, 0.05) is 43.5 Å².